The van der Waals surface area contributed by atoms with Gasteiger partial charge in [0.2, 0.25) is 0 Å². The van der Waals surface area contributed by atoms with E-state index in [4.69, 9.17) is 9.47 Å². The minimum Gasteiger partial charge on any atom is -0.494 e. The van der Waals surface area contributed by atoms with Crippen LogP contribution < -0.4 is 10.1 Å². The minimum atomic E-state index is -0.483. The molecule has 1 aliphatic heterocycles. The number of halogens is 1. The lowest BCUT2D eigenvalue weighted by Crippen LogP contribution is -2.26. The molecule has 0 spiro atoms. The van der Waals surface area contributed by atoms with Gasteiger partial charge in [-0.1, -0.05) is 18.2 Å². The second-order valence-corrected chi connectivity index (χ2v) is 7.30. The molecule has 28 heavy (non-hydrogen) atoms. The molecule has 0 saturated carbocycles. The number of aliphatic imine (C=N–C) groups is 1. The van der Waals surface area contributed by atoms with E-state index in [0.717, 1.165) is 35.7 Å². The molecule has 1 aliphatic rings. The Hall–Kier alpha value is -2.53. The fraction of sp³-hybridized carbons (Fsp3) is 0.364. The van der Waals surface area contributed by atoms with Gasteiger partial charge in [0.05, 0.1) is 25.7 Å². The standard InChI is InChI=1S/C22H26N2O3.ClH/c1-22(2,21(25)26-3)13-6-14-27-18-11-9-16(10-12-18)20-23-15-17-7-4-5-8-19(17)24-20;/h4-5,7-12H,6,13-15H2,1-3H3,(H,23,24);1H. The minimum absolute atomic E-state index is 0. The van der Waals surface area contributed by atoms with Crippen molar-refractivity contribution in [2.45, 2.75) is 33.2 Å². The monoisotopic (exact) mass is 402 g/mol. The zero-order valence-corrected chi connectivity index (χ0v) is 17.3. The molecule has 1 heterocycles. The van der Waals surface area contributed by atoms with Gasteiger partial charge in [0, 0.05) is 11.3 Å². The SMILES string of the molecule is COC(=O)C(C)(C)CCCOc1ccc(C2=NCc3ccccc3N2)cc1.Cl. The number of nitrogens with zero attached hydrogens (tertiary/aromatic N) is 1. The van der Waals surface area contributed by atoms with Crippen LogP contribution in [0.2, 0.25) is 0 Å². The van der Waals surface area contributed by atoms with Crippen molar-refractivity contribution in [3.8, 4) is 5.75 Å². The third kappa shape index (κ3) is 5.26. The van der Waals surface area contributed by atoms with E-state index < -0.39 is 5.41 Å². The first-order valence-electron chi connectivity index (χ1n) is 9.20. The van der Waals surface area contributed by atoms with Crippen LogP contribution in [0.25, 0.3) is 0 Å². The molecular weight excluding hydrogens is 376 g/mol. The summed E-state index contributed by atoms with van der Waals surface area (Å²) >= 11 is 0. The number of fused-ring (bicyclic) bond motifs is 1. The molecule has 0 fully saturated rings. The molecule has 5 nitrogen and oxygen atoms in total. The van der Waals surface area contributed by atoms with E-state index in [2.05, 4.69) is 22.4 Å². The van der Waals surface area contributed by atoms with Crippen molar-refractivity contribution in [1.82, 2.24) is 0 Å². The number of nitrogens with one attached hydrogen (secondary N) is 1. The average molecular weight is 403 g/mol. The van der Waals surface area contributed by atoms with Gasteiger partial charge in [-0.25, -0.2) is 0 Å². The van der Waals surface area contributed by atoms with Crippen molar-refractivity contribution in [2.75, 3.05) is 19.0 Å². The molecule has 2 aromatic rings. The first-order chi connectivity index (χ1) is 13.0. The summed E-state index contributed by atoms with van der Waals surface area (Å²) in [5.74, 6) is 1.50. The van der Waals surface area contributed by atoms with E-state index in [1.165, 1.54) is 12.7 Å². The van der Waals surface area contributed by atoms with Crippen molar-refractivity contribution >= 4 is 29.9 Å². The quantitative estimate of drug-likeness (QED) is 0.531. The first kappa shape index (κ1) is 21.8. The highest BCUT2D eigenvalue weighted by Crippen LogP contribution is 2.25. The van der Waals surface area contributed by atoms with Crippen LogP contribution in [0.3, 0.4) is 0 Å². The summed E-state index contributed by atoms with van der Waals surface area (Å²) in [4.78, 5) is 16.3. The number of hydrogen-bond acceptors (Lipinski definition) is 5. The number of esters is 1. The number of benzene rings is 2. The second-order valence-electron chi connectivity index (χ2n) is 7.30. The van der Waals surface area contributed by atoms with E-state index in [0.29, 0.717) is 13.2 Å². The number of anilines is 1. The Balaban J connectivity index is 0.00000280. The topological polar surface area (TPSA) is 59.9 Å². The maximum atomic E-state index is 11.7. The van der Waals surface area contributed by atoms with Crippen LogP contribution in [0.5, 0.6) is 5.75 Å². The Labute approximate surface area is 172 Å². The maximum absolute atomic E-state index is 11.7. The molecule has 3 rings (SSSR count). The van der Waals surface area contributed by atoms with Gasteiger partial charge >= 0.3 is 5.97 Å². The van der Waals surface area contributed by atoms with Gasteiger partial charge in [-0.2, -0.15) is 0 Å². The Morgan fingerprint density at radius 3 is 2.57 bits per heavy atom. The third-order valence-corrected chi connectivity index (χ3v) is 4.76. The van der Waals surface area contributed by atoms with Crippen LogP contribution in [-0.4, -0.2) is 25.5 Å². The second kappa shape index (κ2) is 9.60. The van der Waals surface area contributed by atoms with Crippen molar-refractivity contribution in [1.29, 1.82) is 0 Å². The predicted octanol–water partition coefficient (Wildman–Crippen LogP) is 4.84. The Kier molecular flexibility index (Phi) is 7.46. The van der Waals surface area contributed by atoms with Gasteiger partial charge in [-0.05, 0) is 62.6 Å². The first-order valence-corrected chi connectivity index (χ1v) is 9.20. The summed E-state index contributed by atoms with van der Waals surface area (Å²) in [5.41, 5.74) is 2.86. The van der Waals surface area contributed by atoms with Gasteiger partial charge in [-0.15, -0.1) is 12.4 Å². The van der Waals surface area contributed by atoms with E-state index in [9.17, 15) is 4.79 Å². The van der Waals surface area contributed by atoms with Crippen LogP contribution in [0.4, 0.5) is 5.69 Å². The van der Waals surface area contributed by atoms with Gasteiger partial charge < -0.3 is 14.8 Å². The molecule has 0 bridgehead atoms. The third-order valence-electron chi connectivity index (χ3n) is 4.76. The lowest BCUT2D eigenvalue weighted by molar-refractivity contribution is -0.151. The fourth-order valence-electron chi connectivity index (χ4n) is 3.07. The molecule has 0 aromatic heterocycles. The number of para-hydroxylation sites is 1. The molecule has 6 heteroatoms. The normalized spacial score (nSPS) is 12.8. The van der Waals surface area contributed by atoms with E-state index in [1.807, 2.05) is 50.2 Å². The number of rotatable bonds is 7. The van der Waals surface area contributed by atoms with Crippen LogP contribution in [0.15, 0.2) is 53.5 Å². The molecule has 150 valence electrons. The Morgan fingerprint density at radius 1 is 1.14 bits per heavy atom. The van der Waals surface area contributed by atoms with E-state index >= 15 is 0 Å². The molecule has 0 amide bonds. The zero-order valence-electron chi connectivity index (χ0n) is 16.5. The van der Waals surface area contributed by atoms with Crippen LogP contribution in [0, 0.1) is 5.41 Å². The summed E-state index contributed by atoms with van der Waals surface area (Å²) in [6.45, 7) is 5.03. The summed E-state index contributed by atoms with van der Waals surface area (Å²) in [5, 5.41) is 3.38. The van der Waals surface area contributed by atoms with Crippen LogP contribution in [-0.2, 0) is 16.1 Å². The zero-order chi connectivity index (χ0) is 19.3. The fourth-order valence-corrected chi connectivity index (χ4v) is 3.07. The van der Waals surface area contributed by atoms with Crippen molar-refractivity contribution in [3.63, 3.8) is 0 Å². The highest BCUT2D eigenvalue weighted by atomic mass is 35.5. The van der Waals surface area contributed by atoms with Gasteiger partial charge in [0.1, 0.15) is 11.6 Å². The van der Waals surface area contributed by atoms with Crippen molar-refractivity contribution < 1.29 is 14.3 Å². The molecule has 0 atom stereocenters. The van der Waals surface area contributed by atoms with Gasteiger partial charge in [0.25, 0.3) is 0 Å². The number of methoxy groups -OCH3 is 1. The summed E-state index contributed by atoms with van der Waals surface area (Å²) in [6, 6.07) is 16.1. The summed E-state index contributed by atoms with van der Waals surface area (Å²) < 4.78 is 10.6. The van der Waals surface area contributed by atoms with Crippen LogP contribution >= 0.6 is 12.4 Å². The highest BCUT2D eigenvalue weighted by Gasteiger charge is 2.27. The van der Waals surface area contributed by atoms with Gasteiger partial charge in [-0.3, -0.25) is 9.79 Å². The molecule has 1 N–H and O–H groups in total. The lowest BCUT2D eigenvalue weighted by Gasteiger charge is -2.21. The largest absolute Gasteiger partial charge is 0.494 e. The predicted molar refractivity (Wildman–Crippen MR) is 115 cm³/mol. The number of carbonyl (C=O) groups excluding carboxylic acids is 1. The molecule has 2 aromatic carbocycles. The highest BCUT2D eigenvalue weighted by molar-refractivity contribution is 6.09. The molecule has 0 saturated heterocycles. The van der Waals surface area contributed by atoms with Crippen LogP contribution in [0.1, 0.15) is 37.8 Å². The molecule has 0 aliphatic carbocycles. The number of amidine groups is 1. The molecule has 0 unspecified atom stereocenters. The lowest BCUT2D eigenvalue weighted by atomic mass is 9.88. The number of hydrogen-bond donors (Lipinski definition) is 1. The van der Waals surface area contributed by atoms with E-state index in [-0.39, 0.29) is 18.4 Å². The smallest absolute Gasteiger partial charge is 0.311 e. The summed E-state index contributed by atoms with van der Waals surface area (Å²) in [6.07, 6.45) is 1.51. The van der Waals surface area contributed by atoms with Crippen molar-refractivity contribution in [3.05, 3.63) is 59.7 Å². The van der Waals surface area contributed by atoms with E-state index in [1.54, 1.807) is 0 Å². The van der Waals surface area contributed by atoms with Gasteiger partial charge in [0.15, 0.2) is 0 Å². The summed E-state index contributed by atoms with van der Waals surface area (Å²) in [7, 11) is 1.42. The molecule has 0 radical (unpaired) electrons. The number of ether oxygens (including phenoxy) is 2. The Bertz CT molecular complexity index is 832. The Morgan fingerprint density at radius 2 is 1.86 bits per heavy atom. The average Bonchev–Trinajstić information content (AvgIpc) is 2.70. The molecular formula is C22H27ClN2O3. The maximum Gasteiger partial charge on any atom is 0.311 e. The van der Waals surface area contributed by atoms with Crippen molar-refractivity contribution in [2.24, 2.45) is 10.4 Å². The number of carbonyl (C=O) groups is 1.